The summed E-state index contributed by atoms with van der Waals surface area (Å²) in [5.74, 6) is -0.709. The standard InChI is InChI=1S/C19H20F3NO/c20-17-11-15(7-10-18(17)24-19(21)22)14-3-1-12(2-4-14)13-5-8-16(23)9-6-13/h1-4,7,10-11,13,16,19H,5-6,8-9,23H2. The smallest absolute Gasteiger partial charge is 0.387 e. The van der Waals surface area contributed by atoms with E-state index in [2.05, 4.69) is 16.9 Å². The molecule has 1 aliphatic carbocycles. The summed E-state index contributed by atoms with van der Waals surface area (Å²) in [6.45, 7) is -3.03. The maximum atomic E-state index is 13.8. The molecule has 1 saturated carbocycles. The number of hydrogen-bond acceptors (Lipinski definition) is 2. The van der Waals surface area contributed by atoms with Crippen molar-refractivity contribution in [2.45, 2.75) is 44.3 Å². The van der Waals surface area contributed by atoms with E-state index >= 15 is 0 Å². The Labute approximate surface area is 139 Å². The molecule has 2 nitrogen and oxygen atoms in total. The van der Waals surface area contributed by atoms with Crippen LogP contribution in [-0.4, -0.2) is 12.7 Å². The molecule has 0 amide bonds. The van der Waals surface area contributed by atoms with E-state index in [4.69, 9.17) is 5.73 Å². The van der Waals surface area contributed by atoms with Gasteiger partial charge >= 0.3 is 6.61 Å². The van der Waals surface area contributed by atoms with Crippen LogP contribution in [0.2, 0.25) is 0 Å². The fourth-order valence-electron chi connectivity index (χ4n) is 3.27. The van der Waals surface area contributed by atoms with Crippen molar-refractivity contribution in [1.82, 2.24) is 0 Å². The topological polar surface area (TPSA) is 35.2 Å². The van der Waals surface area contributed by atoms with Gasteiger partial charge < -0.3 is 10.5 Å². The van der Waals surface area contributed by atoms with Crippen LogP contribution in [0, 0.1) is 5.82 Å². The molecule has 0 saturated heterocycles. The third-order valence-electron chi connectivity index (χ3n) is 4.64. The molecule has 0 radical (unpaired) electrons. The van der Waals surface area contributed by atoms with Crippen LogP contribution in [0.4, 0.5) is 13.2 Å². The van der Waals surface area contributed by atoms with Crippen LogP contribution in [0.15, 0.2) is 42.5 Å². The Balaban J connectivity index is 1.74. The molecule has 2 N–H and O–H groups in total. The molecular weight excluding hydrogens is 315 g/mol. The molecule has 0 aliphatic heterocycles. The molecule has 0 spiro atoms. The molecule has 5 heteroatoms. The zero-order valence-corrected chi connectivity index (χ0v) is 13.2. The van der Waals surface area contributed by atoms with Crippen LogP contribution in [0.3, 0.4) is 0 Å². The highest BCUT2D eigenvalue weighted by molar-refractivity contribution is 5.64. The Morgan fingerprint density at radius 1 is 0.917 bits per heavy atom. The Morgan fingerprint density at radius 3 is 2.12 bits per heavy atom. The normalized spacial score (nSPS) is 21.0. The summed E-state index contributed by atoms with van der Waals surface area (Å²) in [7, 11) is 0. The zero-order valence-electron chi connectivity index (χ0n) is 13.2. The van der Waals surface area contributed by atoms with Gasteiger partial charge in [0.1, 0.15) is 0 Å². The molecule has 2 aromatic carbocycles. The van der Waals surface area contributed by atoms with Gasteiger partial charge in [-0.25, -0.2) is 4.39 Å². The number of alkyl halides is 2. The van der Waals surface area contributed by atoms with Gasteiger partial charge in [-0.05, 0) is 60.4 Å². The van der Waals surface area contributed by atoms with Crippen LogP contribution in [0.1, 0.15) is 37.2 Å². The molecule has 128 valence electrons. The summed E-state index contributed by atoms with van der Waals surface area (Å²) in [5.41, 5.74) is 8.68. The van der Waals surface area contributed by atoms with Gasteiger partial charge in [0.05, 0.1) is 0 Å². The van der Waals surface area contributed by atoms with Crippen molar-refractivity contribution in [2.24, 2.45) is 5.73 Å². The molecule has 0 aromatic heterocycles. The molecule has 24 heavy (non-hydrogen) atoms. The van der Waals surface area contributed by atoms with Crippen molar-refractivity contribution in [2.75, 3.05) is 0 Å². The summed E-state index contributed by atoms with van der Waals surface area (Å²) in [5, 5.41) is 0. The van der Waals surface area contributed by atoms with Crippen LogP contribution in [0.5, 0.6) is 5.75 Å². The minimum atomic E-state index is -3.03. The monoisotopic (exact) mass is 335 g/mol. The lowest BCUT2D eigenvalue weighted by atomic mass is 9.82. The molecule has 0 heterocycles. The van der Waals surface area contributed by atoms with Gasteiger partial charge in [-0.15, -0.1) is 0 Å². The van der Waals surface area contributed by atoms with Gasteiger partial charge in [0.2, 0.25) is 0 Å². The van der Waals surface area contributed by atoms with Gasteiger partial charge in [-0.1, -0.05) is 30.3 Å². The second-order valence-corrected chi connectivity index (χ2v) is 6.26. The molecular formula is C19H20F3NO. The SMILES string of the molecule is NC1CCC(c2ccc(-c3ccc(OC(F)F)c(F)c3)cc2)CC1. The number of halogens is 3. The van der Waals surface area contributed by atoms with E-state index in [1.54, 1.807) is 6.07 Å². The van der Waals surface area contributed by atoms with Crippen molar-refractivity contribution in [3.05, 3.63) is 53.8 Å². The Hall–Kier alpha value is -2.01. The van der Waals surface area contributed by atoms with Crippen LogP contribution in [-0.2, 0) is 0 Å². The predicted molar refractivity (Wildman–Crippen MR) is 87.7 cm³/mol. The summed E-state index contributed by atoms with van der Waals surface area (Å²) in [6.07, 6.45) is 4.27. The Kier molecular flexibility index (Phi) is 5.09. The van der Waals surface area contributed by atoms with E-state index in [9.17, 15) is 13.2 Å². The van der Waals surface area contributed by atoms with Crippen LogP contribution >= 0.6 is 0 Å². The maximum absolute atomic E-state index is 13.8. The maximum Gasteiger partial charge on any atom is 0.387 e. The lowest BCUT2D eigenvalue weighted by molar-refractivity contribution is -0.0521. The second kappa shape index (κ2) is 7.26. The summed E-state index contributed by atoms with van der Waals surface area (Å²) >= 11 is 0. The minimum Gasteiger partial charge on any atom is -0.432 e. The number of ether oxygens (including phenoxy) is 1. The largest absolute Gasteiger partial charge is 0.432 e. The van der Waals surface area contributed by atoms with Crippen molar-refractivity contribution < 1.29 is 17.9 Å². The van der Waals surface area contributed by atoms with E-state index < -0.39 is 18.2 Å². The summed E-state index contributed by atoms with van der Waals surface area (Å²) < 4.78 is 42.3. The number of nitrogens with two attached hydrogens (primary N) is 1. The highest BCUT2D eigenvalue weighted by Gasteiger charge is 2.20. The predicted octanol–water partition coefficient (Wildman–Crippen LogP) is 5.08. The quantitative estimate of drug-likeness (QED) is 0.846. The zero-order chi connectivity index (χ0) is 17.1. The fourth-order valence-corrected chi connectivity index (χ4v) is 3.27. The van der Waals surface area contributed by atoms with E-state index in [0.29, 0.717) is 17.5 Å². The molecule has 0 unspecified atom stereocenters. The van der Waals surface area contributed by atoms with Gasteiger partial charge in [0, 0.05) is 6.04 Å². The Morgan fingerprint density at radius 2 is 1.54 bits per heavy atom. The van der Waals surface area contributed by atoms with E-state index in [1.165, 1.54) is 17.7 Å². The van der Waals surface area contributed by atoms with E-state index in [-0.39, 0.29) is 0 Å². The first-order valence-corrected chi connectivity index (χ1v) is 8.13. The highest BCUT2D eigenvalue weighted by Crippen LogP contribution is 2.34. The van der Waals surface area contributed by atoms with E-state index in [1.807, 2.05) is 12.1 Å². The van der Waals surface area contributed by atoms with Gasteiger partial charge in [-0.3, -0.25) is 0 Å². The van der Waals surface area contributed by atoms with Crippen LogP contribution < -0.4 is 10.5 Å². The lowest BCUT2D eigenvalue weighted by Crippen LogP contribution is -2.25. The van der Waals surface area contributed by atoms with Crippen molar-refractivity contribution in [3.8, 4) is 16.9 Å². The molecule has 1 aliphatic rings. The number of hydrogen-bond donors (Lipinski definition) is 1. The van der Waals surface area contributed by atoms with Gasteiger partial charge in [0.25, 0.3) is 0 Å². The summed E-state index contributed by atoms with van der Waals surface area (Å²) in [6, 6.07) is 12.3. The minimum absolute atomic E-state index is 0.317. The van der Waals surface area contributed by atoms with Crippen molar-refractivity contribution in [3.63, 3.8) is 0 Å². The molecule has 0 bridgehead atoms. The third kappa shape index (κ3) is 3.90. The number of rotatable bonds is 4. The first kappa shape index (κ1) is 16.8. The molecule has 3 rings (SSSR count). The van der Waals surface area contributed by atoms with Crippen LogP contribution in [0.25, 0.3) is 11.1 Å². The lowest BCUT2D eigenvalue weighted by Gasteiger charge is -2.26. The molecule has 1 fully saturated rings. The van der Waals surface area contributed by atoms with Crippen molar-refractivity contribution >= 4 is 0 Å². The molecule has 0 atom stereocenters. The highest BCUT2D eigenvalue weighted by atomic mass is 19.3. The first-order chi connectivity index (χ1) is 11.5. The fraction of sp³-hybridized carbons (Fsp3) is 0.368. The Bertz CT molecular complexity index is 680. The first-order valence-electron chi connectivity index (χ1n) is 8.13. The second-order valence-electron chi connectivity index (χ2n) is 6.26. The third-order valence-corrected chi connectivity index (χ3v) is 4.64. The number of benzene rings is 2. The van der Waals surface area contributed by atoms with Gasteiger partial charge in [0.15, 0.2) is 11.6 Å². The average Bonchev–Trinajstić information content (AvgIpc) is 2.57. The van der Waals surface area contributed by atoms with E-state index in [0.717, 1.165) is 31.2 Å². The van der Waals surface area contributed by atoms with Gasteiger partial charge in [-0.2, -0.15) is 8.78 Å². The summed E-state index contributed by atoms with van der Waals surface area (Å²) in [4.78, 5) is 0. The molecule has 2 aromatic rings. The van der Waals surface area contributed by atoms with Crippen molar-refractivity contribution in [1.29, 1.82) is 0 Å². The average molecular weight is 335 g/mol.